The zero-order chi connectivity index (χ0) is 28.1. The standard InChI is InChI=1S/C29H31FN8O2/c1-16(2)29(40)36-12-19-10-21(30)20(11-23(19)38-14-31-26(18-8-9-18)24(38)13-36)28(39)34-25-7-5-6-22(33-25)27-35-32-15-37(27)17(3)4/h5-7,10-11,14-18H,8-9,12-13H2,1-4H3,(H,33,34,39). The lowest BCUT2D eigenvalue weighted by molar-refractivity contribution is -0.135. The fourth-order valence-electron chi connectivity index (χ4n) is 5.16. The van der Waals surface area contributed by atoms with Gasteiger partial charge in [-0.05, 0) is 56.5 Å². The maximum atomic E-state index is 15.5. The summed E-state index contributed by atoms with van der Waals surface area (Å²) < 4.78 is 19.3. The fourth-order valence-corrected chi connectivity index (χ4v) is 5.16. The molecule has 6 rings (SSSR count). The van der Waals surface area contributed by atoms with E-state index in [4.69, 9.17) is 0 Å². The third kappa shape index (κ3) is 4.65. The van der Waals surface area contributed by atoms with Crippen LogP contribution in [0.5, 0.6) is 0 Å². The minimum absolute atomic E-state index is 0.0103. The van der Waals surface area contributed by atoms with Crippen LogP contribution in [0.25, 0.3) is 17.2 Å². The monoisotopic (exact) mass is 542 g/mol. The first-order chi connectivity index (χ1) is 19.2. The lowest BCUT2D eigenvalue weighted by atomic mass is 10.1. The summed E-state index contributed by atoms with van der Waals surface area (Å²) in [6.07, 6.45) is 5.48. The number of rotatable bonds is 6. The number of anilines is 1. The quantitative estimate of drug-likeness (QED) is 0.372. The van der Waals surface area contributed by atoms with Gasteiger partial charge >= 0.3 is 0 Å². The van der Waals surface area contributed by atoms with E-state index in [0.29, 0.717) is 35.2 Å². The topological polar surface area (TPSA) is 111 Å². The highest BCUT2D eigenvalue weighted by Gasteiger charge is 2.34. The maximum Gasteiger partial charge on any atom is 0.259 e. The Bertz CT molecular complexity index is 1620. The Morgan fingerprint density at radius 1 is 1.07 bits per heavy atom. The molecule has 2 amide bonds. The molecule has 40 heavy (non-hydrogen) atoms. The second-order valence-corrected chi connectivity index (χ2v) is 11.0. The van der Waals surface area contributed by atoms with Crippen LogP contribution in [-0.2, 0) is 17.9 Å². The molecule has 0 radical (unpaired) electrons. The Balaban J connectivity index is 1.35. The Labute approximate surface area is 231 Å². The van der Waals surface area contributed by atoms with E-state index in [0.717, 1.165) is 24.2 Å². The van der Waals surface area contributed by atoms with Gasteiger partial charge in [0.05, 0.1) is 35.5 Å². The van der Waals surface area contributed by atoms with Crippen LogP contribution in [-0.4, -0.2) is 46.0 Å². The van der Waals surface area contributed by atoms with Gasteiger partial charge in [-0.15, -0.1) is 10.2 Å². The molecule has 1 aromatic carbocycles. The molecule has 0 spiro atoms. The number of hydrogen-bond acceptors (Lipinski definition) is 6. The van der Waals surface area contributed by atoms with Crippen LogP contribution in [0.4, 0.5) is 10.2 Å². The maximum absolute atomic E-state index is 15.5. The van der Waals surface area contributed by atoms with Crippen LogP contribution in [0.2, 0.25) is 0 Å². The average Bonchev–Trinajstić information content (AvgIpc) is 3.53. The number of benzene rings is 1. The Kier molecular flexibility index (Phi) is 6.44. The van der Waals surface area contributed by atoms with Crippen LogP contribution < -0.4 is 5.32 Å². The number of fused-ring (bicyclic) bond motifs is 3. The minimum Gasteiger partial charge on any atom is -0.332 e. The molecule has 1 aliphatic carbocycles. The van der Waals surface area contributed by atoms with Gasteiger partial charge in [0.1, 0.15) is 23.7 Å². The molecule has 4 heterocycles. The van der Waals surface area contributed by atoms with Crippen molar-refractivity contribution in [2.24, 2.45) is 5.92 Å². The highest BCUT2D eigenvalue weighted by atomic mass is 19.1. The highest BCUT2D eigenvalue weighted by Crippen LogP contribution is 2.42. The van der Waals surface area contributed by atoms with Gasteiger partial charge in [0.2, 0.25) is 5.91 Å². The van der Waals surface area contributed by atoms with Crippen molar-refractivity contribution >= 4 is 17.6 Å². The predicted octanol–water partition coefficient (Wildman–Crippen LogP) is 4.87. The Morgan fingerprint density at radius 2 is 1.88 bits per heavy atom. The smallest absolute Gasteiger partial charge is 0.259 e. The zero-order valence-corrected chi connectivity index (χ0v) is 22.9. The van der Waals surface area contributed by atoms with E-state index in [1.165, 1.54) is 6.07 Å². The van der Waals surface area contributed by atoms with Crippen molar-refractivity contribution in [1.29, 1.82) is 0 Å². The molecule has 0 saturated heterocycles. The van der Waals surface area contributed by atoms with Gasteiger partial charge in [-0.25, -0.2) is 14.4 Å². The van der Waals surface area contributed by atoms with E-state index < -0.39 is 11.7 Å². The van der Waals surface area contributed by atoms with Gasteiger partial charge < -0.3 is 19.4 Å². The second kappa shape index (κ2) is 9.96. The molecule has 2 aliphatic rings. The van der Waals surface area contributed by atoms with E-state index in [-0.39, 0.29) is 35.8 Å². The van der Waals surface area contributed by atoms with Gasteiger partial charge in [-0.2, -0.15) is 0 Å². The second-order valence-electron chi connectivity index (χ2n) is 11.0. The molecule has 4 aromatic rings. The highest BCUT2D eigenvalue weighted by molar-refractivity contribution is 6.04. The van der Waals surface area contributed by atoms with Crippen molar-refractivity contribution in [2.75, 3.05) is 5.32 Å². The lowest BCUT2D eigenvalue weighted by Crippen LogP contribution is -2.33. The predicted molar refractivity (Wildman–Crippen MR) is 146 cm³/mol. The number of nitrogens with one attached hydrogen (secondary N) is 1. The largest absolute Gasteiger partial charge is 0.332 e. The summed E-state index contributed by atoms with van der Waals surface area (Å²) in [5.41, 5.74) is 3.57. The summed E-state index contributed by atoms with van der Waals surface area (Å²) in [7, 11) is 0. The summed E-state index contributed by atoms with van der Waals surface area (Å²) >= 11 is 0. The average molecular weight is 543 g/mol. The molecular formula is C29H31FN8O2. The first kappa shape index (κ1) is 25.8. The number of halogens is 1. The molecule has 1 aliphatic heterocycles. The zero-order valence-electron chi connectivity index (χ0n) is 22.9. The third-order valence-electron chi connectivity index (χ3n) is 7.39. The molecule has 0 bridgehead atoms. The summed E-state index contributed by atoms with van der Waals surface area (Å²) in [5.74, 6) is -0.297. The van der Waals surface area contributed by atoms with Gasteiger partial charge in [0, 0.05) is 24.4 Å². The van der Waals surface area contributed by atoms with E-state index in [1.54, 1.807) is 41.8 Å². The summed E-state index contributed by atoms with van der Waals surface area (Å²) in [6.45, 7) is 8.37. The molecule has 0 atom stereocenters. The molecule has 1 fully saturated rings. The number of carbonyl (C=O) groups is 2. The molecule has 1 saturated carbocycles. The van der Waals surface area contributed by atoms with E-state index in [9.17, 15) is 9.59 Å². The first-order valence-corrected chi connectivity index (χ1v) is 13.6. The van der Waals surface area contributed by atoms with Crippen LogP contribution in [0.1, 0.15) is 79.8 Å². The lowest BCUT2D eigenvalue weighted by Gasteiger charge is -2.23. The number of carbonyl (C=O) groups excluding carboxylic acids is 2. The van der Waals surface area contributed by atoms with E-state index in [1.807, 2.05) is 36.8 Å². The molecule has 3 aromatic heterocycles. The number of imidazole rings is 1. The van der Waals surface area contributed by atoms with Gasteiger partial charge in [-0.1, -0.05) is 19.9 Å². The molecular weight excluding hydrogens is 511 g/mol. The summed E-state index contributed by atoms with van der Waals surface area (Å²) in [5, 5.41) is 10.9. The fraction of sp³-hybridized carbons (Fsp3) is 0.379. The van der Waals surface area contributed by atoms with Crippen molar-refractivity contribution in [1.82, 2.24) is 34.2 Å². The van der Waals surface area contributed by atoms with Crippen molar-refractivity contribution < 1.29 is 14.0 Å². The first-order valence-electron chi connectivity index (χ1n) is 13.6. The normalized spacial score (nSPS) is 14.7. The Hall–Kier alpha value is -4.41. The van der Waals surface area contributed by atoms with Crippen LogP contribution >= 0.6 is 0 Å². The van der Waals surface area contributed by atoms with E-state index >= 15 is 4.39 Å². The van der Waals surface area contributed by atoms with Crippen molar-refractivity contribution in [3.8, 4) is 17.2 Å². The van der Waals surface area contributed by atoms with E-state index in [2.05, 4.69) is 25.5 Å². The van der Waals surface area contributed by atoms with Gasteiger partial charge in [0.15, 0.2) is 5.82 Å². The van der Waals surface area contributed by atoms with Crippen LogP contribution in [0, 0.1) is 11.7 Å². The SMILES string of the molecule is CC(C)C(=O)N1Cc2cc(F)c(C(=O)Nc3cccc(-c4nncn4C(C)C)n3)cc2-n2cnc(C3CC3)c2C1. The number of pyridine rings is 1. The van der Waals surface area contributed by atoms with Crippen molar-refractivity contribution in [2.45, 2.75) is 65.6 Å². The van der Waals surface area contributed by atoms with Gasteiger partial charge in [0.25, 0.3) is 5.91 Å². The Morgan fingerprint density at radius 3 is 2.60 bits per heavy atom. The summed E-state index contributed by atoms with van der Waals surface area (Å²) in [6, 6.07) is 8.20. The summed E-state index contributed by atoms with van der Waals surface area (Å²) in [4.78, 5) is 37.4. The van der Waals surface area contributed by atoms with Crippen LogP contribution in [0.15, 0.2) is 43.0 Å². The minimum atomic E-state index is -0.671. The number of amides is 2. The van der Waals surface area contributed by atoms with Crippen LogP contribution in [0.3, 0.4) is 0 Å². The third-order valence-corrected chi connectivity index (χ3v) is 7.39. The van der Waals surface area contributed by atoms with Gasteiger partial charge in [-0.3, -0.25) is 9.59 Å². The molecule has 11 heteroatoms. The molecule has 206 valence electrons. The molecule has 1 N–H and O–H groups in total. The molecule has 0 unspecified atom stereocenters. The van der Waals surface area contributed by atoms with Crippen molar-refractivity contribution in [3.63, 3.8) is 0 Å². The number of nitrogens with zero attached hydrogens (tertiary/aromatic N) is 7. The number of aromatic nitrogens is 6. The van der Waals surface area contributed by atoms with Crippen molar-refractivity contribution in [3.05, 3.63) is 71.3 Å². The number of hydrogen-bond donors (Lipinski definition) is 1. The molecule has 10 nitrogen and oxygen atoms in total.